The Morgan fingerprint density at radius 1 is 0.635 bits per heavy atom. The molecule has 0 radical (unpaired) electrons. The molecule has 3 N–H and O–H groups in total. The van der Waals surface area contributed by atoms with Crippen LogP contribution in [0.1, 0.15) is 24.0 Å². The molecule has 0 atom stereocenters. The van der Waals surface area contributed by atoms with Gasteiger partial charge in [0.05, 0.1) is 55.4 Å². The first-order chi connectivity index (χ1) is 22.5. The minimum Gasteiger partial charge on any atom is -0.748 e. The zero-order valence-electron chi connectivity index (χ0n) is 28.5. The Labute approximate surface area is 367 Å². The molecular formula is C26H28N5Na3O14S4. The molecule has 0 aliphatic rings. The molecule has 0 bridgehead atoms. The molecule has 0 aliphatic heterocycles. The quantitative estimate of drug-likeness (QED) is 0.0447. The van der Waals surface area contributed by atoms with Crippen molar-refractivity contribution in [3.63, 3.8) is 0 Å². The Hall–Kier alpha value is -1.10. The van der Waals surface area contributed by atoms with Gasteiger partial charge in [-0.2, -0.15) is 18.6 Å². The Bertz CT molecular complexity index is 2240. The average molecular weight is 832 g/mol. The van der Waals surface area contributed by atoms with Crippen LogP contribution < -0.4 is 104 Å². The van der Waals surface area contributed by atoms with Crippen LogP contribution in [0.4, 0.5) is 28.4 Å². The van der Waals surface area contributed by atoms with Crippen LogP contribution in [0.3, 0.4) is 0 Å². The Morgan fingerprint density at radius 2 is 1.08 bits per heavy atom. The van der Waals surface area contributed by atoms with Gasteiger partial charge in [0.25, 0.3) is 10.1 Å². The number of benzene rings is 3. The summed E-state index contributed by atoms with van der Waals surface area (Å²) in [4.78, 5) is -1.95. The maximum Gasteiger partial charge on any atom is 1.00 e. The fraction of sp³-hybridized carbons (Fsp3) is 0.308. The van der Waals surface area contributed by atoms with Crippen molar-refractivity contribution in [1.29, 1.82) is 0 Å². The summed E-state index contributed by atoms with van der Waals surface area (Å²) in [5.74, 6) is -1.28. The third-order valence-corrected chi connectivity index (χ3v) is 9.52. The second kappa shape index (κ2) is 21.3. The molecule has 0 aliphatic carbocycles. The molecule has 0 spiro atoms. The standard InChI is InChI=1S/C26H31N5O14S4.3Na/c1-16-11-19(27)24(44-7-3-9-46(32,33)34)14-21(16)30-31-23-12-17(2)22(15-25(23)45-8-4-10-47(35,36)37)29-28-20-6-5-18(48(38,39)40)13-26(20)49(41,42)43;;;/h5-6,11-15H,3-4,7-10,27H2,1-2H3,(H,32,33,34)(H,35,36,37)(H,38,39,40)(H,41,42,43);;;/q;3*+1/p-3. The van der Waals surface area contributed by atoms with Crippen molar-refractivity contribution in [3.8, 4) is 11.5 Å². The van der Waals surface area contributed by atoms with Crippen LogP contribution >= 0.6 is 0 Å². The summed E-state index contributed by atoms with van der Waals surface area (Å²) in [6.07, 6.45) is -0.289. The van der Waals surface area contributed by atoms with Gasteiger partial charge in [-0.05, 0) is 68.1 Å². The molecule has 0 heterocycles. The molecule has 26 heteroatoms. The second-order valence-electron chi connectivity index (χ2n) is 10.2. The summed E-state index contributed by atoms with van der Waals surface area (Å²) < 4.78 is 144. The van der Waals surface area contributed by atoms with Gasteiger partial charge >= 0.3 is 88.7 Å². The van der Waals surface area contributed by atoms with E-state index >= 15 is 0 Å². The third-order valence-electron chi connectivity index (χ3n) is 6.23. The topological polar surface area (TPSA) is 320 Å². The second-order valence-corrected chi connectivity index (χ2v) is 16.0. The molecule has 0 unspecified atom stereocenters. The first-order valence-corrected chi connectivity index (χ1v) is 19.6. The van der Waals surface area contributed by atoms with Crippen molar-refractivity contribution in [1.82, 2.24) is 0 Å². The number of hydrogen-bond acceptors (Lipinski definition) is 18. The van der Waals surface area contributed by atoms with E-state index in [0.717, 1.165) is 12.1 Å². The van der Waals surface area contributed by atoms with Crippen molar-refractivity contribution in [2.75, 3.05) is 30.5 Å². The number of aryl methyl sites for hydroxylation is 2. The zero-order chi connectivity index (χ0) is 36.8. The van der Waals surface area contributed by atoms with Crippen molar-refractivity contribution in [2.24, 2.45) is 20.5 Å². The van der Waals surface area contributed by atoms with Gasteiger partial charge in [-0.1, -0.05) is 0 Å². The van der Waals surface area contributed by atoms with Crippen molar-refractivity contribution in [2.45, 2.75) is 36.5 Å². The minimum atomic E-state index is -5.08. The van der Waals surface area contributed by atoms with E-state index in [0.29, 0.717) is 17.2 Å². The van der Waals surface area contributed by atoms with Crippen LogP contribution in [-0.4, -0.2) is 76.6 Å². The van der Waals surface area contributed by atoms with Gasteiger partial charge in [0.15, 0.2) is 0 Å². The predicted molar refractivity (Wildman–Crippen MR) is 169 cm³/mol. The number of azo groups is 2. The molecular weight excluding hydrogens is 804 g/mol. The van der Waals surface area contributed by atoms with Crippen molar-refractivity contribution < 1.29 is 150 Å². The summed E-state index contributed by atoms with van der Waals surface area (Å²) >= 11 is 0. The van der Waals surface area contributed by atoms with E-state index in [2.05, 4.69) is 20.5 Å². The number of nitrogen functional groups attached to an aromatic ring is 1. The van der Waals surface area contributed by atoms with Crippen LogP contribution in [0.25, 0.3) is 0 Å². The Morgan fingerprint density at radius 3 is 1.56 bits per heavy atom. The number of anilines is 1. The third kappa shape index (κ3) is 16.7. The van der Waals surface area contributed by atoms with Crippen LogP contribution in [-0.2, 0) is 40.5 Å². The first kappa shape index (κ1) is 50.9. The van der Waals surface area contributed by atoms with Crippen molar-refractivity contribution >= 4 is 68.9 Å². The molecule has 0 amide bonds. The molecule has 3 aromatic rings. The molecule has 19 nitrogen and oxygen atoms in total. The van der Waals surface area contributed by atoms with E-state index in [1.165, 1.54) is 24.3 Å². The molecule has 3 aromatic carbocycles. The SMILES string of the molecule is Cc1cc(N)c(OCCCS(=O)(=O)[O-])cc1N=Nc1cc(C)c(N=Nc2ccc(S(=O)(=O)[O-])cc2S(=O)(=O)O)cc1OCCCS(=O)(=O)[O-].[Na+].[Na+].[Na+]. The Balaban J connectivity index is 0.00000867. The number of ether oxygens (including phenoxy) is 2. The summed E-state index contributed by atoms with van der Waals surface area (Å²) in [5.41, 5.74) is 6.93. The number of nitrogens with two attached hydrogens (primary N) is 1. The van der Waals surface area contributed by atoms with Crippen molar-refractivity contribution in [3.05, 3.63) is 53.6 Å². The van der Waals surface area contributed by atoms with Gasteiger partial charge in [-0.15, -0.1) is 10.2 Å². The van der Waals surface area contributed by atoms with Gasteiger partial charge < -0.3 is 28.9 Å². The van der Waals surface area contributed by atoms with Crippen LogP contribution in [0.15, 0.2) is 72.7 Å². The maximum atomic E-state index is 11.9. The largest absolute Gasteiger partial charge is 1.00 e. The number of rotatable bonds is 16. The normalized spacial score (nSPS) is 12.2. The van der Waals surface area contributed by atoms with Gasteiger partial charge in [0.2, 0.25) is 0 Å². The monoisotopic (exact) mass is 831 g/mol. The molecule has 3 rings (SSSR count). The summed E-state index contributed by atoms with van der Waals surface area (Å²) in [5, 5.41) is 16.1. The van der Waals surface area contributed by atoms with E-state index in [9.17, 15) is 51.9 Å². The van der Waals surface area contributed by atoms with E-state index in [-0.39, 0.29) is 149 Å². The minimum absolute atomic E-state index is 0. The van der Waals surface area contributed by atoms with Gasteiger partial charge in [0, 0.05) is 23.6 Å². The smallest absolute Gasteiger partial charge is 0.748 e. The van der Waals surface area contributed by atoms with E-state index in [1.807, 2.05) is 0 Å². The van der Waals surface area contributed by atoms with E-state index < -0.39 is 67.5 Å². The summed E-state index contributed by atoms with van der Waals surface area (Å²) in [6, 6.07) is 7.67. The summed E-state index contributed by atoms with van der Waals surface area (Å²) in [7, 11) is -19.1. The fourth-order valence-electron chi connectivity index (χ4n) is 3.89. The molecule has 0 aromatic heterocycles. The van der Waals surface area contributed by atoms with Crippen LogP contribution in [0.5, 0.6) is 11.5 Å². The van der Waals surface area contributed by atoms with Gasteiger partial charge in [-0.3, -0.25) is 4.55 Å². The zero-order valence-corrected chi connectivity index (χ0v) is 37.8. The Kier molecular flexibility index (Phi) is 20.8. The summed E-state index contributed by atoms with van der Waals surface area (Å²) in [6.45, 7) is 2.79. The molecule has 0 saturated heterocycles. The number of hydrogen-bond donors (Lipinski definition) is 2. The molecule has 52 heavy (non-hydrogen) atoms. The van der Waals surface area contributed by atoms with Gasteiger partial charge in [0.1, 0.15) is 37.9 Å². The van der Waals surface area contributed by atoms with E-state index in [1.54, 1.807) is 13.8 Å². The van der Waals surface area contributed by atoms with Crippen LogP contribution in [0, 0.1) is 13.8 Å². The molecule has 0 saturated carbocycles. The fourth-order valence-corrected chi connectivity index (χ4v) is 6.05. The van der Waals surface area contributed by atoms with Gasteiger partial charge in [-0.25, -0.2) is 25.3 Å². The maximum absolute atomic E-state index is 11.9. The number of nitrogens with zero attached hydrogens (tertiary/aromatic N) is 4. The molecule has 268 valence electrons. The first-order valence-electron chi connectivity index (χ1n) is 13.6. The van der Waals surface area contributed by atoms with Crippen LogP contribution in [0.2, 0.25) is 0 Å². The average Bonchev–Trinajstić information content (AvgIpc) is 2.95. The predicted octanol–water partition coefficient (Wildman–Crippen LogP) is -5.49. The molecule has 0 fully saturated rings. The van der Waals surface area contributed by atoms with E-state index in [4.69, 9.17) is 15.2 Å².